The van der Waals surface area contributed by atoms with E-state index in [-0.39, 0.29) is 0 Å². The molecule has 0 heterocycles. The number of rotatable bonds is 6. The van der Waals surface area contributed by atoms with Crippen molar-refractivity contribution in [2.45, 2.75) is 39.3 Å². The summed E-state index contributed by atoms with van der Waals surface area (Å²) in [4.78, 5) is 0. The molecule has 0 aromatic heterocycles. The minimum Gasteiger partial charge on any atom is -0.512 e. The van der Waals surface area contributed by atoms with Crippen LogP contribution in [0.2, 0.25) is 13.1 Å². The molecular weight excluding hydrogens is 324 g/mol. The van der Waals surface area contributed by atoms with Crippen molar-refractivity contribution in [2.24, 2.45) is 0 Å². The molecule has 1 aliphatic rings. The van der Waals surface area contributed by atoms with E-state index in [1.807, 2.05) is 30.3 Å². The lowest BCUT2D eigenvalue weighted by atomic mass is 9.89. The van der Waals surface area contributed by atoms with Gasteiger partial charge in [-0.05, 0) is 30.4 Å². The van der Waals surface area contributed by atoms with E-state index in [0.717, 1.165) is 30.6 Å². The quantitative estimate of drug-likeness (QED) is 0.459. The van der Waals surface area contributed by atoms with Crippen LogP contribution in [0.5, 0.6) is 0 Å². The first-order valence-electron chi connectivity index (χ1n) is 8.93. The standard InChI is InChI=1S/C22H26O2Si/c1-5-18-15-16-20-13-9-10-14-21(20)22(18)24-25(3,4)23-17(2)19-11-7-6-8-12-19/h6-14H,2,5,15-16H2,1,3-4H3. The Kier molecular flexibility index (Phi) is 5.14. The molecular formula is C22H26O2Si. The zero-order valence-corrected chi connectivity index (χ0v) is 16.3. The van der Waals surface area contributed by atoms with Gasteiger partial charge >= 0.3 is 8.56 Å². The van der Waals surface area contributed by atoms with Gasteiger partial charge in [0.25, 0.3) is 0 Å². The Bertz CT molecular complexity index is 791. The second-order valence-corrected chi connectivity index (χ2v) is 10.0. The molecule has 2 aromatic rings. The van der Waals surface area contributed by atoms with E-state index in [1.165, 1.54) is 16.7 Å². The molecule has 0 unspecified atom stereocenters. The van der Waals surface area contributed by atoms with E-state index >= 15 is 0 Å². The highest BCUT2D eigenvalue weighted by Crippen LogP contribution is 2.36. The summed E-state index contributed by atoms with van der Waals surface area (Å²) in [7, 11) is -2.42. The van der Waals surface area contributed by atoms with Crippen molar-refractivity contribution >= 4 is 20.1 Å². The Morgan fingerprint density at radius 1 is 1.00 bits per heavy atom. The monoisotopic (exact) mass is 350 g/mol. The summed E-state index contributed by atoms with van der Waals surface area (Å²) >= 11 is 0. The van der Waals surface area contributed by atoms with Gasteiger partial charge in [-0.3, -0.25) is 0 Å². The predicted molar refractivity (Wildman–Crippen MR) is 107 cm³/mol. The molecule has 0 saturated heterocycles. The van der Waals surface area contributed by atoms with Crippen LogP contribution in [0.4, 0.5) is 0 Å². The van der Waals surface area contributed by atoms with Gasteiger partial charge in [0.2, 0.25) is 0 Å². The van der Waals surface area contributed by atoms with Gasteiger partial charge in [0.05, 0.1) is 0 Å². The molecule has 1 aliphatic carbocycles. The number of allylic oxidation sites excluding steroid dienone is 1. The lowest BCUT2D eigenvalue weighted by Crippen LogP contribution is -2.34. The summed E-state index contributed by atoms with van der Waals surface area (Å²) in [6.45, 7) is 10.5. The van der Waals surface area contributed by atoms with Crippen molar-refractivity contribution in [1.82, 2.24) is 0 Å². The Morgan fingerprint density at radius 3 is 2.40 bits per heavy atom. The summed E-state index contributed by atoms with van der Waals surface area (Å²) in [6.07, 6.45) is 3.16. The maximum atomic E-state index is 6.54. The van der Waals surface area contributed by atoms with Crippen LogP contribution in [0.1, 0.15) is 36.5 Å². The summed E-state index contributed by atoms with van der Waals surface area (Å²) in [5, 5.41) is 0. The van der Waals surface area contributed by atoms with Gasteiger partial charge in [-0.2, -0.15) is 0 Å². The minimum absolute atomic E-state index is 0.681. The van der Waals surface area contributed by atoms with E-state index in [0.29, 0.717) is 5.76 Å². The molecule has 0 saturated carbocycles. The molecule has 0 amide bonds. The zero-order valence-electron chi connectivity index (χ0n) is 15.3. The highest BCUT2D eigenvalue weighted by molar-refractivity contribution is 6.66. The van der Waals surface area contributed by atoms with Crippen molar-refractivity contribution in [1.29, 1.82) is 0 Å². The maximum absolute atomic E-state index is 6.54. The summed E-state index contributed by atoms with van der Waals surface area (Å²) < 4.78 is 12.8. The largest absolute Gasteiger partial charge is 0.512 e. The fourth-order valence-corrected chi connectivity index (χ4v) is 4.76. The van der Waals surface area contributed by atoms with Gasteiger partial charge in [-0.15, -0.1) is 0 Å². The number of hydrogen-bond donors (Lipinski definition) is 0. The van der Waals surface area contributed by atoms with Gasteiger partial charge in [0.1, 0.15) is 11.5 Å². The molecule has 0 N–H and O–H groups in total. The SMILES string of the molecule is C=C(O[Si](C)(C)OC1=C(CC)CCc2ccccc21)c1ccccc1. The second kappa shape index (κ2) is 7.32. The lowest BCUT2D eigenvalue weighted by Gasteiger charge is -2.31. The molecule has 0 fully saturated rings. The predicted octanol–water partition coefficient (Wildman–Crippen LogP) is 6.16. The third kappa shape index (κ3) is 4.05. The van der Waals surface area contributed by atoms with Crippen molar-refractivity contribution in [3.05, 3.63) is 83.4 Å². The van der Waals surface area contributed by atoms with Crippen molar-refractivity contribution in [2.75, 3.05) is 0 Å². The Morgan fingerprint density at radius 2 is 1.68 bits per heavy atom. The van der Waals surface area contributed by atoms with Crippen LogP contribution < -0.4 is 0 Å². The van der Waals surface area contributed by atoms with Gasteiger partial charge < -0.3 is 8.85 Å². The van der Waals surface area contributed by atoms with Gasteiger partial charge in [0.15, 0.2) is 0 Å². The van der Waals surface area contributed by atoms with Gasteiger partial charge in [-0.1, -0.05) is 68.1 Å². The molecule has 130 valence electrons. The van der Waals surface area contributed by atoms with E-state index in [9.17, 15) is 0 Å². The van der Waals surface area contributed by atoms with Crippen LogP contribution in [0.15, 0.2) is 66.7 Å². The fourth-order valence-electron chi connectivity index (χ4n) is 3.26. The van der Waals surface area contributed by atoms with Crippen LogP contribution >= 0.6 is 0 Å². The Balaban J connectivity index is 1.83. The minimum atomic E-state index is -2.42. The molecule has 0 aliphatic heterocycles. The highest BCUT2D eigenvalue weighted by atomic mass is 28.4. The topological polar surface area (TPSA) is 18.5 Å². The first-order chi connectivity index (χ1) is 12.0. The average molecular weight is 351 g/mol. The Labute approximate surface area is 152 Å². The number of fused-ring (bicyclic) bond motifs is 1. The first kappa shape index (κ1) is 17.6. The van der Waals surface area contributed by atoms with Crippen LogP contribution in [0, 0.1) is 0 Å². The van der Waals surface area contributed by atoms with E-state index in [4.69, 9.17) is 8.85 Å². The highest BCUT2D eigenvalue weighted by Gasteiger charge is 2.33. The normalized spacial score (nSPS) is 14.0. The van der Waals surface area contributed by atoms with Crippen molar-refractivity contribution in [3.8, 4) is 0 Å². The average Bonchev–Trinajstić information content (AvgIpc) is 2.62. The van der Waals surface area contributed by atoms with E-state index in [2.05, 4.69) is 50.9 Å². The second-order valence-electron chi connectivity index (χ2n) is 6.84. The zero-order chi connectivity index (χ0) is 17.9. The van der Waals surface area contributed by atoms with E-state index in [1.54, 1.807) is 0 Å². The molecule has 2 aromatic carbocycles. The smallest absolute Gasteiger partial charge is 0.454 e. The maximum Gasteiger partial charge on any atom is 0.454 e. The number of hydrogen-bond acceptors (Lipinski definition) is 2. The van der Waals surface area contributed by atoms with Crippen LogP contribution in [0.25, 0.3) is 11.5 Å². The third-order valence-corrected chi connectivity index (χ3v) is 5.95. The molecule has 0 radical (unpaired) electrons. The molecule has 0 spiro atoms. The molecule has 0 atom stereocenters. The lowest BCUT2D eigenvalue weighted by molar-refractivity contribution is 0.349. The summed E-state index contributed by atoms with van der Waals surface area (Å²) in [5.41, 5.74) is 4.97. The Hall–Kier alpha value is -2.26. The van der Waals surface area contributed by atoms with Crippen LogP contribution in [-0.4, -0.2) is 8.56 Å². The van der Waals surface area contributed by atoms with Crippen LogP contribution in [-0.2, 0) is 15.3 Å². The third-order valence-electron chi connectivity index (χ3n) is 4.52. The van der Waals surface area contributed by atoms with Gasteiger partial charge in [0, 0.05) is 24.2 Å². The summed E-state index contributed by atoms with van der Waals surface area (Å²) in [5.74, 6) is 1.71. The number of aryl methyl sites for hydroxylation is 1. The molecule has 2 nitrogen and oxygen atoms in total. The molecule has 3 heteroatoms. The molecule has 0 bridgehead atoms. The molecule has 25 heavy (non-hydrogen) atoms. The van der Waals surface area contributed by atoms with Gasteiger partial charge in [-0.25, -0.2) is 0 Å². The first-order valence-corrected chi connectivity index (χ1v) is 11.7. The fraction of sp³-hybridized carbons (Fsp3) is 0.273. The molecule has 3 rings (SSSR count). The van der Waals surface area contributed by atoms with Crippen molar-refractivity contribution < 1.29 is 8.85 Å². The van der Waals surface area contributed by atoms with E-state index < -0.39 is 8.56 Å². The summed E-state index contributed by atoms with van der Waals surface area (Å²) in [6, 6.07) is 18.6. The van der Waals surface area contributed by atoms with Crippen LogP contribution in [0.3, 0.4) is 0 Å². The number of benzene rings is 2. The van der Waals surface area contributed by atoms with Crippen molar-refractivity contribution in [3.63, 3.8) is 0 Å².